The number of carbonyl (C=O) groups is 2. The van der Waals surface area contributed by atoms with Gasteiger partial charge in [-0.1, -0.05) is 45.9 Å². The van der Waals surface area contributed by atoms with E-state index in [1.807, 2.05) is 49.4 Å². The fourth-order valence-electron chi connectivity index (χ4n) is 4.16. The van der Waals surface area contributed by atoms with Crippen LogP contribution in [0.2, 0.25) is 0 Å². The number of carbonyl (C=O) groups excluding carboxylic acids is 1. The SMILES string of the molecule is Cc1cccc(NC(=O)Nc2cc([C@@H]3C[C@@H]3C(=O)O)ccc2N(CC(C)C)CC(C)C)c1. The monoisotopic (exact) mass is 437 g/mol. The molecule has 2 amide bonds. The minimum Gasteiger partial charge on any atom is -0.481 e. The van der Waals surface area contributed by atoms with Crippen molar-refractivity contribution in [3.8, 4) is 0 Å². The minimum atomic E-state index is -0.757. The number of hydrogen-bond acceptors (Lipinski definition) is 3. The van der Waals surface area contributed by atoms with Gasteiger partial charge in [-0.05, 0) is 66.5 Å². The first-order valence-electron chi connectivity index (χ1n) is 11.4. The Balaban J connectivity index is 1.89. The Bertz CT molecular complexity index is 961. The maximum atomic E-state index is 12.8. The molecule has 1 saturated carbocycles. The van der Waals surface area contributed by atoms with E-state index in [0.29, 0.717) is 23.9 Å². The van der Waals surface area contributed by atoms with Crippen LogP contribution in [0.5, 0.6) is 0 Å². The van der Waals surface area contributed by atoms with Gasteiger partial charge in [-0.2, -0.15) is 0 Å². The summed E-state index contributed by atoms with van der Waals surface area (Å²) < 4.78 is 0. The second-order valence-corrected chi connectivity index (χ2v) is 9.70. The van der Waals surface area contributed by atoms with Gasteiger partial charge >= 0.3 is 12.0 Å². The number of carboxylic acid groups (broad SMARTS) is 1. The van der Waals surface area contributed by atoms with Crippen molar-refractivity contribution in [2.75, 3.05) is 28.6 Å². The van der Waals surface area contributed by atoms with E-state index >= 15 is 0 Å². The molecule has 32 heavy (non-hydrogen) atoms. The van der Waals surface area contributed by atoms with Crippen LogP contribution in [0, 0.1) is 24.7 Å². The van der Waals surface area contributed by atoms with Crippen LogP contribution in [0.25, 0.3) is 0 Å². The number of aryl methyl sites for hydroxylation is 1. The Morgan fingerprint density at radius 1 is 1.03 bits per heavy atom. The molecule has 3 N–H and O–H groups in total. The maximum Gasteiger partial charge on any atom is 0.323 e. The number of nitrogens with zero attached hydrogens (tertiary/aromatic N) is 1. The molecular weight excluding hydrogens is 402 g/mol. The zero-order valence-corrected chi connectivity index (χ0v) is 19.7. The molecule has 0 heterocycles. The Morgan fingerprint density at radius 3 is 2.28 bits per heavy atom. The molecule has 0 saturated heterocycles. The highest BCUT2D eigenvalue weighted by Crippen LogP contribution is 2.49. The molecule has 1 fully saturated rings. The topological polar surface area (TPSA) is 81.7 Å². The van der Waals surface area contributed by atoms with Crippen LogP contribution in [-0.2, 0) is 4.79 Å². The molecule has 6 nitrogen and oxygen atoms in total. The first-order valence-corrected chi connectivity index (χ1v) is 11.4. The van der Waals surface area contributed by atoms with Crippen molar-refractivity contribution in [2.24, 2.45) is 17.8 Å². The van der Waals surface area contributed by atoms with Crippen molar-refractivity contribution < 1.29 is 14.7 Å². The summed E-state index contributed by atoms with van der Waals surface area (Å²) in [5.41, 5.74) is 4.43. The fourth-order valence-corrected chi connectivity index (χ4v) is 4.16. The summed E-state index contributed by atoms with van der Waals surface area (Å²) in [7, 11) is 0. The quantitative estimate of drug-likeness (QED) is 0.453. The normalized spacial score (nSPS) is 17.3. The number of urea groups is 1. The predicted molar refractivity (Wildman–Crippen MR) is 131 cm³/mol. The number of amides is 2. The van der Waals surface area contributed by atoms with Gasteiger partial charge in [0.2, 0.25) is 0 Å². The number of anilines is 3. The number of nitrogens with one attached hydrogen (secondary N) is 2. The van der Waals surface area contributed by atoms with Crippen molar-refractivity contribution in [1.29, 1.82) is 0 Å². The first kappa shape index (κ1) is 23.6. The lowest BCUT2D eigenvalue weighted by molar-refractivity contribution is -0.138. The molecule has 0 aliphatic heterocycles. The molecule has 2 aromatic rings. The van der Waals surface area contributed by atoms with E-state index in [-0.39, 0.29) is 17.9 Å². The van der Waals surface area contributed by atoms with Gasteiger partial charge in [0.05, 0.1) is 17.3 Å². The van der Waals surface area contributed by atoms with Gasteiger partial charge in [0.25, 0.3) is 0 Å². The smallest absolute Gasteiger partial charge is 0.323 e. The maximum absolute atomic E-state index is 12.8. The van der Waals surface area contributed by atoms with E-state index in [2.05, 4.69) is 43.2 Å². The van der Waals surface area contributed by atoms with E-state index in [1.165, 1.54) is 0 Å². The average Bonchev–Trinajstić information content (AvgIpc) is 3.48. The average molecular weight is 438 g/mol. The summed E-state index contributed by atoms with van der Waals surface area (Å²) in [5, 5.41) is 15.3. The lowest BCUT2D eigenvalue weighted by Gasteiger charge is -2.30. The molecule has 0 radical (unpaired) electrons. The summed E-state index contributed by atoms with van der Waals surface area (Å²) in [6.07, 6.45) is 0.644. The van der Waals surface area contributed by atoms with Crippen molar-refractivity contribution in [3.05, 3.63) is 53.6 Å². The molecule has 0 aromatic heterocycles. The van der Waals surface area contributed by atoms with E-state index < -0.39 is 5.97 Å². The van der Waals surface area contributed by atoms with E-state index in [9.17, 15) is 14.7 Å². The highest BCUT2D eigenvalue weighted by atomic mass is 16.4. The lowest BCUT2D eigenvalue weighted by Crippen LogP contribution is -2.32. The van der Waals surface area contributed by atoms with Crippen LogP contribution in [0.15, 0.2) is 42.5 Å². The van der Waals surface area contributed by atoms with Gasteiger partial charge in [-0.15, -0.1) is 0 Å². The molecule has 1 aliphatic carbocycles. The third-order valence-electron chi connectivity index (χ3n) is 5.59. The number of carboxylic acids is 1. The second kappa shape index (κ2) is 10.1. The summed E-state index contributed by atoms with van der Waals surface area (Å²) >= 11 is 0. The molecule has 0 unspecified atom stereocenters. The van der Waals surface area contributed by atoms with Crippen molar-refractivity contribution in [3.63, 3.8) is 0 Å². The Kier molecular flexibility index (Phi) is 7.44. The number of rotatable bonds is 9. The summed E-state index contributed by atoms with van der Waals surface area (Å²) in [6, 6.07) is 13.3. The van der Waals surface area contributed by atoms with E-state index in [0.717, 1.165) is 35.6 Å². The second-order valence-electron chi connectivity index (χ2n) is 9.70. The van der Waals surface area contributed by atoms with Crippen molar-refractivity contribution in [1.82, 2.24) is 0 Å². The fraction of sp³-hybridized carbons (Fsp3) is 0.462. The van der Waals surface area contributed by atoms with Gasteiger partial charge in [-0.3, -0.25) is 4.79 Å². The van der Waals surface area contributed by atoms with Gasteiger partial charge in [0.1, 0.15) is 0 Å². The highest BCUT2D eigenvalue weighted by Gasteiger charge is 2.44. The number of hydrogen-bond donors (Lipinski definition) is 3. The van der Waals surface area contributed by atoms with Crippen LogP contribution in [0.3, 0.4) is 0 Å². The third-order valence-corrected chi connectivity index (χ3v) is 5.59. The molecule has 1 aliphatic rings. The third kappa shape index (κ3) is 6.25. The van der Waals surface area contributed by atoms with Crippen LogP contribution in [-0.4, -0.2) is 30.2 Å². The van der Waals surface area contributed by atoms with E-state index in [4.69, 9.17) is 0 Å². The Labute approximate surface area is 191 Å². The van der Waals surface area contributed by atoms with Crippen LogP contribution in [0.1, 0.15) is 51.2 Å². The Morgan fingerprint density at radius 2 is 1.72 bits per heavy atom. The standard InChI is InChI=1S/C26H35N3O3/c1-16(2)14-29(15-17(3)4)24-10-9-19(21-13-22(21)25(30)31)12-23(24)28-26(32)27-20-8-6-7-18(5)11-20/h6-12,16-17,21-22H,13-15H2,1-5H3,(H,30,31)(H2,27,28,32)/t21-,22-/m0/s1. The number of benzene rings is 2. The minimum absolute atomic E-state index is 0.00517. The van der Waals surface area contributed by atoms with Gasteiger partial charge in [0.15, 0.2) is 0 Å². The zero-order valence-electron chi connectivity index (χ0n) is 19.7. The predicted octanol–water partition coefficient (Wildman–Crippen LogP) is 5.95. The molecule has 2 atom stereocenters. The summed E-state index contributed by atoms with van der Waals surface area (Å²) in [6.45, 7) is 12.4. The summed E-state index contributed by atoms with van der Waals surface area (Å²) in [4.78, 5) is 26.5. The van der Waals surface area contributed by atoms with Crippen LogP contribution >= 0.6 is 0 Å². The first-order chi connectivity index (χ1) is 15.1. The highest BCUT2D eigenvalue weighted by molar-refractivity contribution is 6.02. The lowest BCUT2D eigenvalue weighted by atomic mass is 10.0. The summed E-state index contributed by atoms with van der Waals surface area (Å²) in [5.74, 6) is -0.167. The molecule has 0 spiro atoms. The van der Waals surface area contributed by atoms with Crippen LogP contribution < -0.4 is 15.5 Å². The number of aliphatic carboxylic acids is 1. The molecule has 3 rings (SSSR count). The molecular formula is C26H35N3O3. The van der Waals surface area contributed by atoms with Gasteiger partial charge in [-0.25, -0.2) is 4.79 Å². The van der Waals surface area contributed by atoms with Crippen molar-refractivity contribution >= 4 is 29.1 Å². The zero-order chi connectivity index (χ0) is 23.4. The molecule has 172 valence electrons. The molecule has 0 bridgehead atoms. The molecule has 6 heteroatoms. The van der Waals surface area contributed by atoms with Crippen LogP contribution in [0.4, 0.5) is 21.9 Å². The Hall–Kier alpha value is -3.02. The van der Waals surface area contributed by atoms with Crippen molar-refractivity contribution in [2.45, 2.75) is 47.0 Å². The van der Waals surface area contributed by atoms with Gasteiger partial charge in [0, 0.05) is 18.8 Å². The van der Waals surface area contributed by atoms with E-state index in [1.54, 1.807) is 0 Å². The largest absolute Gasteiger partial charge is 0.481 e. The van der Waals surface area contributed by atoms with Gasteiger partial charge < -0.3 is 20.6 Å². The molecule has 2 aromatic carbocycles.